The number of fused-ring (bicyclic) bond motifs is 1. The van der Waals surface area contributed by atoms with Crippen molar-refractivity contribution < 1.29 is 13.9 Å². The summed E-state index contributed by atoms with van der Waals surface area (Å²) < 4.78 is 19.7. The lowest BCUT2D eigenvalue weighted by Gasteiger charge is -2.16. The molecule has 2 aromatic rings. The molecule has 0 amide bonds. The number of benzene rings is 1. The van der Waals surface area contributed by atoms with Gasteiger partial charge in [0.1, 0.15) is 11.3 Å². The Hall–Kier alpha value is -1.46. The monoisotopic (exact) mass is 292 g/mol. The zero-order valence-electron chi connectivity index (χ0n) is 12.4. The molecule has 0 radical (unpaired) electrons. The molecule has 114 valence electrons. The average Bonchev–Trinajstić information content (AvgIpc) is 3.02. The summed E-state index contributed by atoms with van der Waals surface area (Å²) in [7, 11) is 0. The molecule has 3 rings (SSSR count). The second-order valence-corrected chi connectivity index (χ2v) is 6.10. The lowest BCUT2D eigenvalue weighted by molar-refractivity contribution is 0.148. The number of aliphatic hydroxyl groups excluding tert-OH is 1. The fourth-order valence-corrected chi connectivity index (χ4v) is 2.81. The summed E-state index contributed by atoms with van der Waals surface area (Å²) in [5, 5.41) is 13.0. The number of halogens is 1. The minimum Gasteiger partial charge on any atom is -0.440 e. The first kappa shape index (κ1) is 14.5. The number of nitrogens with zero attached hydrogens (tertiary/aromatic N) is 1. The molecule has 2 atom stereocenters. The van der Waals surface area contributed by atoms with Crippen molar-refractivity contribution in [2.24, 2.45) is 0 Å². The second-order valence-electron chi connectivity index (χ2n) is 6.10. The smallest absolute Gasteiger partial charge is 0.198 e. The van der Waals surface area contributed by atoms with Gasteiger partial charge in [0.05, 0.1) is 6.10 Å². The number of oxazole rings is 1. The number of nitrogens with one attached hydrogen (secondary N) is 1. The highest BCUT2D eigenvalue weighted by Gasteiger charge is 2.24. The van der Waals surface area contributed by atoms with Crippen LogP contribution in [0.1, 0.15) is 50.5 Å². The van der Waals surface area contributed by atoms with Crippen LogP contribution >= 0.6 is 0 Å². The lowest BCUT2D eigenvalue weighted by Crippen LogP contribution is -2.35. The van der Waals surface area contributed by atoms with Gasteiger partial charge in [0.15, 0.2) is 11.5 Å². The molecule has 1 saturated carbocycles. The van der Waals surface area contributed by atoms with Crippen molar-refractivity contribution in [2.75, 3.05) is 0 Å². The van der Waals surface area contributed by atoms with Crippen molar-refractivity contribution in [1.82, 2.24) is 10.3 Å². The van der Waals surface area contributed by atoms with Crippen LogP contribution in [0, 0.1) is 5.82 Å². The Morgan fingerprint density at radius 2 is 2.24 bits per heavy atom. The number of rotatable bonds is 4. The Morgan fingerprint density at radius 3 is 2.90 bits per heavy atom. The Morgan fingerprint density at radius 1 is 1.43 bits per heavy atom. The van der Waals surface area contributed by atoms with E-state index >= 15 is 0 Å². The average molecular weight is 292 g/mol. The molecule has 1 fully saturated rings. The zero-order chi connectivity index (χ0) is 15.0. The molecule has 21 heavy (non-hydrogen) atoms. The molecule has 1 aliphatic rings. The molecular weight excluding hydrogens is 271 g/mol. The third-order valence-electron chi connectivity index (χ3n) is 4.10. The molecule has 5 heteroatoms. The maximum Gasteiger partial charge on any atom is 0.198 e. The van der Waals surface area contributed by atoms with Crippen LogP contribution in [0.5, 0.6) is 0 Å². The van der Waals surface area contributed by atoms with Gasteiger partial charge in [0.25, 0.3) is 0 Å². The molecule has 1 aliphatic carbocycles. The van der Waals surface area contributed by atoms with E-state index in [0.29, 0.717) is 29.1 Å². The summed E-state index contributed by atoms with van der Waals surface area (Å²) >= 11 is 0. The summed E-state index contributed by atoms with van der Waals surface area (Å²) in [5.74, 6) is 0.505. The Labute approximate surface area is 123 Å². The minimum absolute atomic E-state index is 0.0589. The quantitative estimate of drug-likeness (QED) is 0.909. The van der Waals surface area contributed by atoms with Crippen LogP contribution in [0.15, 0.2) is 16.5 Å². The van der Waals surface area contributed by atoms with Gasteiger partial charge in [-0.25, -0.2) is 9.37 Å². The van der Waals surface area contributed by atoms with Crippen LogP contribution in [0.4, 0.5) is 4.39 Å². The van der Waals surface area contributed by atoms with E-state index in [1.54, 1.807) is 6.07 Å². The van der Waals surface area contributed by atoms with Gasteiger partial charge in [-0.15, -0.1) is 0 Å². The van der Waals surface area contributed by atoms with E-state index < -0.39 is 0 Å². The lowest BCUT2D eigenvalue weighted by atomic mass is 10.1. The minimum atomic E-state index is -0.323. The van der Waals surface area contributed by atoms with Gasteiger partial charge in [0.2, 0.25) is 0 Å². The van der Waals surface area contributed by atoms with Crippen LogP contribution < -0.4 is 5.32 Å². The van der Waals surface area contributed by atoms with Gasteiger partial charge in [-0.3, -0.25) is 0 Å². The maximum atomic E-state index is 14.1. The fraction of sp³-hybridized carbons (Fsp3) is 0.562. The van der Waals surface area contributed by atoms with Crippen molar-refractivity contribution >= 4 is 11.1 Å². The standard InChI is InChI=1S/C16H21FN2O2/c1-9(2)16-19-13-6-10(11(17)7-15(13)21-16)8-18-12-4-3-5-14(12)20/h6-7,9,12,14,18,20H,3-5,8H2,1-2H3/t12-,14+/m0/s1. The first-order chi connectivity index (χ1) is 10.0. The van der Waals surface area contributed by atoms with Crippen LogP contribution in [-0.4, -0.2) is 22.2 Å². The predicted molar refractivity (Wildman–Crippen MR) is 78.5 cm³/mol. The molecule has 0 aliphatic heterocycles. The van der Waals surface area contributed by atoms with Gasteiger partial charge in [-0.05, 0) is 25.3 Å². The number of hydrogen-bond donors (Lipinski definition) is 2. The maximum absolute atomic E-state index is 14.1. The molecule has 0 saturated heterocycles. The van der Waals surface area contributed by atoms with E-state index in [-0.39, 0.29) is 23.9 Å². The van der Waals surface area contributed by atoms with Gasteiger partial charge in [-0.2, -0.15) is 0 Å². The fourth-order valence-electron chi connectivity index (χ4n) is 2.81. The third-order valence-corrected chi connectivity index (χ3v) is 4.10. The molecule has 0 spiro atoms. The van der Waals surface area contributed by atoms with Crippen molar-refractivity contribution in [3.8, 4) is 0 Å². The molecule has 1 heterocycles. The summed E-state index contributed by atoms with van der Waals surface area (Å²) in [6.45, 7) is 4.38. The first-order valence-corrected chi connectivity index (χ1v) is 7.55. The Kier molecular flexibility index (Phi) is 3.95. The van der Waals surface area contributed by atoms with Gasteiger partial charge < -0.3 is 14.8 Å². The highest BCUT2D eigenvalue weighted by Crippen LogP contribution is 2.25. The van der Waals surface area contributed by atoms with E-state index in [1.165, 1.54) is 6.07 Å². The Balaban J connectivity index is 1.79. The summed E-state index contributed by atoms with van der Waals surface area (Å²) in [4.78, 5) is 4.40. The molecule has 0 unspecified atom stereocenters. The number of aliphatic hydroxyl groups is 1. The van der Waals surface area contributed by atoms with Gasteiger partial charge in [0, 0.05) is 30.1 Å². The van der Waals surface area contributed by atoms with Crippen molar-refractivity contribution in [1.29, 1.82) is 0 Å². The van der Waals surface area contributed by atoms with Crippen LogP contribution in [0.2, 0.25) is 0 Å². The predicted octanol–water partition coefficient (Wildman–Crippen LogP) is 3.09. The highest BCUT2D eigenvalue weighted by molar-refractivity contribution is 5.73. The van der Waals surface area contributed by atoms with E-state index in [0.717, 1.165) is 19.3 Å². The largest absolute Gasteiger partial charge is 0.440 e. The number of aromatic nitrogens is 1. The SMILES string of the molecule is CC(C)c1nc2cc(CN[C@H]3CCC[C@H]3O)c(F)cc2o1. The summed E-state index contributed by atoms with van der Waals surface area (Å²) in [6, 6.07) is 3.19. The molecule has 1 aromatic carbocycles. The van der Waals surface area contributed by atoms with E-state index in [1.807, 2.05) is 13.8 Å². The van der Waals surface area contributed by atoms with Gasteiger partial charge in [-0.1, -0.05) is 13.8 Å². The summed E-state index contributed by atoms with van der Waals surface area (Å²) in [5.41, 5.74) is 1.73. The van der Waals surface area contributed by atoms with Crippen LogP contribution in [0.25, 0.3) is 11.1 Å². The normalized spacial score (nSPS) is 22.5. The van der Waals surface area contributed by atoms with E-state index in [4.69, 9.17) is 4.42 Å². The van der Waals surface area contributed by atoms with Gasteiger partial charge >= 0.3 is 0 Å². The third kappa shape index (κ3) is 2.94. The molecule has 0 bridgehead atoms. The van der Waals surface area contributed by atoms with Crippen LogP contribution in [0.3, 0.4) is 0 Å². The first-order valence-electron chi connectivity index (χ1n) is 7.55. The van der Waals surface area contributed by atoms with Crippen molar-refractivity contribution in [2.45, 2.75) is 57.7 Å². The molecule has 4 nitrogen and oxygen atoms in total. The highest BCUT2D eigenvalue weighted by atomic mass is 19.1. The second kappa shape index (κ2) is 5.73. The van der Waals surface area contributed by atoms with E-state index in [2.05, 4.69) is 10.3 Å². The van der Waals surface area contributed by atoms with Crippen LogP contribution in [-0.2, 0) is 6.54 Å². The number of hydrogen-bond acceptors (Lipinski definition) is 4. The topological polar surface area (TPSA) is 58.3 Å². The van der Waals surface area contributed by atoms with E-state index in [9.17, 15) is 9.50 Å². The molecule has 2 N–H and O–H groups in total. The summed E-state index contributed by atoms with van der Waals surface area (Å²) in [6.07, 6.45) is 2.45. The zero-order valence-corrected chi connectivity index (χ0v) is 12.4. The van der Waals surface area contributed by atoms with Crippen molar-refractivity contribution in [3.63, 3.8) is 0 Å². The Bertz CT molecular complexity index is 638. The molecule has 1 aromatic heterocycles. The molecular formula is C16H21FN2O2. The van der Waals surface area contributed by atoms with Crippen molar-refractivity contribution in [3.05, 3.63) is 29.4 Å².